The van der Waals surface area contributed by atoms with Crippen LogP contribution in [0.15, 0.2) is 0 Å². The number of unbranched alkanes of at least 4 members (excludes halogenated alkanes) is 8. The van der Waals surface area contributed by atoms with Crippen molar-refractivity contribution in [1.82, 2.24) is 4.90 Å². The van der Waals surface area contributed by atoms with Crippen LogP contribution in [0.1, 0.15) is 97.3 Å². The molecule has 0 radical (unpaired) electrons. The van der Waals surface area contributed by atoms with Gasteiger partial charge in [0.15, 0.2) is 0 Å². The first-order chi connectivity index (χ1) is 9.34. The second kappa shape index (κ2) is 11.8. The van der Waals surface area contributed by atoms with Crippen LogP contribution in [-0.4, -0.2) is 24.0 Å². The lowest BCUT2D eigenvalue weighted by atomic mass is 10.0. The van der Waals surface area contributed by atoms with Crippen LogP contribution in [0, 0.1) is 0 Å². The molecule has 19 heavy (non-hydrogen) atoms. The average molecular weight is 268 g/mol. The van der Waals surface area contributed by atoms with E-state index in [1.807, 2.05) is 0 Å². The smallest absolute Gasteiger partial charge is 0.00669 e. The molecule has 0 aromatic carbocycles. The van der Waals surface area contributed by atoms with E-state index in [0.29, 0.717) is 0 Å². The van der Waals surface area contributed by atoms with Gasteiger partial charge in [0.25, 0.3) is 0 Å². The van der Waals surface area contributed by atoms with Gasteiger partial charge in [0.05, 0.1) is 0 Å². The van der Waals surface area contributed by atoms with Gasteiger partial charge in [-0.05, 0) is 39.3 Å². The monoisotopic (exact) mass is 267 g/mol. The van der Waals surface area contributed by atoms with E-state index >= 15 is 0 Å². The number of hydrogen-bond donors (Lipinski definition) is 0. The third kappa shape index (κ3) is 8.68. The molecule has 1 saturated heterocycles. The summed E-state index contributed by atoms with van der Waals surface area (Å²) in [6, 6.07) is 0.838. The van der Waals surface area contributed by atoms with Crippen LogP contribution in [0.4, 0.5) is 0 Å². The fourth-order valence-electron chi connectivity index (χ4n) is 3.29. The van der Waals surface area contributed by atoms with Crippen molar-refractivity contribution in [2.75, 3.05) is 13.1 Å². The highest BCUT2D eigenvalue weighted by Crippen LogP contribution is 2.17. The van der Waals surface area contributed by atoms with Crippen LogP contribution < -0.4 is 0 Å². The van der Waals surface area contributed by atoms with Crippen molar-refractivity contribution in [2.45, 2.75) is 103 Å². The van der Waals surface area contributed by atoms with Gasteiger partial charge in [0.2, 0.25) is 0 Å². The summed E-state index contributed by atoms with van der Waals surface area (Å²) in [5.41, 5.74) is 0. The standard InChI is InChI=1S/C18H37N/c1-3-4-5-6-7-8-9-10-12-15-18(2)19-16-13-11-14-17-19/h18H,3-17H2,1-2H3. The van der Waals surface area contributed by atoms with E-state index in [4.69, 9.17) is 0 Å². The van der Waals surface area contributed by atoms with Gasteiger partial charge in [-0.3, -0.25) is 0 Å². The molecule has 114 valence electrons. The summed E-state index contributed by atoms with van der Waals surface area (Å²) in [5, 5.41) is 0. The van der Waals surface area contributed by atoms with Crippen molar-refractivity contribution in [2.24, 2.45) is 0 Å². The molecule has 1 aliphatic rings. The zero-order valence-corrected chi connectivity index (χ0v) is 13.6. The summed E-state index contributed by atoms with van der Waals surface area (Å²) >= 11 is 0. The molecule has 0 aromatic rings. The van der Waals surface area contributed by atoms with Crippen molar-refractivity contribution in [3.63, 3.8) is 0 Å². The lowest BCUT2D eigenvalue weighted by Gasteiger charge is -2.32. The van der Waals surface area contributed by atoms with Crippen LogP contribution in [0.5, 0.6) is 0 Å². The Morgan fingerprint density at radius 3 is 1.84 bits per heavy atom. The second-order valence-electron chi connectivity index (χ2n) is 6.56. The highest BCUT2D eigenvalue weighted by Gasteiger charge is 2.15. The normalized spacial score (nSPS) is 18.6. The zero-order valence-electron chi connectivity index (χ0n) is 13.6. The molecular weight excluding hydrogens is 230 g/mol. The summed E-state index contributed by atoms with van der Waals surface area (Å²) < 4.78 is 0. The van der Waals surface area contributed by atoms with Crippen LogP contribution >= 0.6 is 0 Å². The average Bonchev–Trinajstić information content (AvgIpc) is 2.46. The molecule has 0 bridgehead atoms. The summed E-state index contributed by atoms with van der Waals surface area (Å²) in [6.45, 7) is 7.46. The Morgan fingerprint density at radius 2 is 1.26 bits per heavy atom. The highest BCUT2D eigenvalue weighted by atomic mass is 15.1. The molecular formula is C18H37N. The van der Waals surface area contributed by atoms with Gasteiger partial charge in [-0.15, -0.1) is 0 Å². The van der Waals surface area contributed by atoms with Gasteiger partial charge >= 0.3 is 0 Å². The van der Waals surface area contributed by atoms with Crippen molar-refractivity contribution < 1.29 is 0 Å². The predicted octanol–water partition coefficient (Wildman–Crippen LogP) is 5.78. The first-order valence-electron chi connectivity index (χ1n) is 9.08. The molecule has 1 rings (SSSR count). The van der Waals surface area contributed by atoms with Crippen molar-refractivity contribution in [1.29, 1.82) is 0 Å². The van der Waals surface area contributed by atoms with Gasteiger partial charge < -0.3 is 4.90 Å². The Kier molecular flexibility index (Phi) is 10.5. The number of likely N-dealkylation sites (tertiary alicyclic amines) is 1. The summed E-state index contributed by atoms with van der Waals surface area (Å²) in [5.74, 6) is 0. The van der Waals surface area contributed by atoms with Crippen molar-refractivity contribution >= 4 is 0 Å². The fraction of sp³-hybridized carbons (Fsp3) is 1.00. The van der Waals surface area contributed by atoms with Gasteiger partial charge in [0, 0.05) is 6.04 Å². The van der Waals surface area contributed by atoms with Gasteiger partial charge in [-0.1, -0.05) is 71.1 Å². The fourth-order valence-corrected chi connectivity index (χ4v) is 3.29. The second-order valence-corrected chi connectivity index (χ2v) is 6.56. The van der Waals surface area contributed by atoms with E-state index in [1.54, 1.807) is 0 Å². The predicted molar refractivity (Wildman–Crippen MR) is 86.7 cm³/mol. The van der Waals surface area contributed by atoms with E-state index in [2.05, 4.69) is 18.7 Å². The molecule has 1 fully saturated rings. The Bertz CT molecular complexity index is 184. The molecule has 1 heteroatoms. The molecule has 0 aliphatic carbocycles. The zero-order chi connectivity index (χ0) is 13.8. The molecule has 0 spiro atoms. The molecule has 1 aliphatic heterocycles. The Balaban J connectivity index is 1.84. The summed E-state index contributed by atoms with van der Waals surface area (Å²) in [6.07, 6.45) is 18.8. The number of rotatable bonds is 11. The van der Waals surface area contributed by atoms with E-state index in [-0.39, 0.29) is 0 Å². The molecule has 0 aromatic heterocycles. The Morgan fingerprint density at radius 1 is 0.737 bits per heavy atom. The third-order valence-corrected chi connectivity index (χ3v) is 4.74. The molecule has 0 saturated carbocycles. The number of piperidine rings is 1. The number of nitrogens with zero attached hydrogens (tertiary/aromatic N) is 1. The maximum absolute atomic E-state index is 2.72. The van der Waals surface area contributed by atoms with E-state index in [9.17, 15) is 0 Å². The van der Waals surface area contributed by atoms with Crippen molar-refractivity contribution in [3.8, 4) is 0 Å². The molecule has 1 atom stereocenters. The number of hydrogen-bond acceptors (Lipinski definition) is 1. The van der Waals surface area contributed by atoms with Crippen LogP contribution in [-0.2, 0) is 0 Å². The minimum atomic E-state index is 0.838. The minimum absolute atomic E-state index is 0.838. The maximum Gasteiger partial charge on any atom is 0.00669 e. The van der Waals surface area contributed by atoms with Gasteiger partial charge in [-0.25, -0.2) is 0 Å². The lowest BCUT2D eigenvalue weighted by molar-refractivity contribution is 0.164. The summed E-state index contributed by atoms with van der Waals surface area (Å²) in [7, 11) is 0. The Labute approximate surface area is 122 Å². The minimum Gasteiger partial charge on any atom is -0.301 e. The van der Waals surface area contributed by atoms with E-state index in [1.165, 1.54) is 96.6 Å². The lowest BCUT2D eigenvalue weighted by Crippen LogP contribution is -2.37. The van der Waals surface area contributed by atoms with E-state index in [0.717, 1.165) is 6.04 Å². The summed E-state index contributed by atoms with van der Waals surface area (Å²) in [4.78, 5) is 2.72. The van der Waals surface area contributed by atoms with E-state index < -0.39 is 0 Å². The molecule has 0 amide bonds. The third-order valence-electron chi connectivity index (χ3n) is 4.74. The molecule has 0 N–H and O–H groups in total. The maximum atomic E-state index is 2.72. The van der Waals surface area contributed by atoms with Gasteiger partial charge in [-0.2, -0.15) is 0 Å². The first-order valence-corrected chi connectivity index (χ1v) is 9.08. The first kappa shape index (κ1) is 17.0. The Hall–Kier alpha value is -0.0400. The largest absolute Gasteiger partial charge is 0.301 e. The van der Waals surface area contributed by atoms with Crippen LogP contribution in [0.2, 0.25) is 0 Å². The van der Waals surface area contributed by atoms with Crippen molar-refractivity contribution in [3.05, 3.63) is 0 Å². The van der Waals surface area contributed by atoms with Crippen LogP contribution in [0.3, 0.4) is 0 Å². The SMILES string of the molecule is CCCCCCCCCCCC(C)N1CCCCC1. The molecule has 1 heterocycles. The van der Waals surface area contributed by atoms with Crippen LogP contribution in [0.25, 0.3) is 0 Å². The molecule has 1 unspecified atom stereocenters. The molecule has 1 nitrogen and oxygen atoms in total. The quantitative estimate of drug-likeness (QED) is 0.429. The van der Waals surface area contributed by atoms with Gasteiger partial charge in [0.1, 0.15) is 0 Å². The topological polar surface area (TPSA) is 3.24 Å². The highest BCUT2D eigenvalue weighted by molar-refractivity contribution is 4.71.